The predicted octanol–water partition coefficient (Wildman–Crippen LogP) is 0.205. The minimum absolute atomic E-state index is 0.0590. The molecule has 0 bridgehead atoms. The van der Waals surface area contributed by atoms with E-state index in [2.05, 4.69) is 0 Å². The van der Waals surface area contributed by atoms with Crippen molar-refractivity contribution in [1.82, 2.24) is 5.06 Å². The number of rotatable bonds is 0. The fraction of sp³-hybridized carbons (Fsp3) is 1.00. The van der Waals surface area contributed by atoms with Crippen molar-refractivity contribution in [2.24, 2.45) is 0 Å². The molecule has 0 aliphatic carbocycles. The minimum atomic E-state index is 0.0590. The first-order valence-electron chi connectivity index (χ1n) is 2.82. The van der Waals surface area contributed by atoms with Crippen LogP contribution in [-0.4, -0.2) is 30.9 Å². The van der Waals surface area contributed by atoms with E-state index in [4.69, 9.17) is 4.74 Å². The smallest absolute Gasteiger partial charge is 0.0610 e. The summed E-state index contributed by atoms with van der Waals surface area (Å²) in [5, 5.41) is 11.7. The number of hydroxylamine groups is 2. The van der Waals surface area contributed by atoms with Gasteiger partial charge in [-0.25, -0.2) is 0 Å². The van der Waals surface area contributed by atoms with Crippen LogP contribution in [-0.2, 0) is 4.74 Å². The average Bonchev–Trinajstić information content (AvgIpc) is 1.77. The SMILES string of the molecule is CC1COCCN1[O-]. The molecule has 0 amide bonds. The van der Waals surface area contributed by atoms with Crippen molar-refractivity contribution in [3.63, 3.8) is 0 Å². The van der Waals surface area contributed by atoms with Gasteiger partial charge in [-0.1, -0.05) is 0 Å². The van der Waals surface area contributed by atoms with Crippen LogP contribution in [0.1, 0.15) is 6.92 Å². The Morgan fingerprint density at radius 2 is 2.50 bits per heavy atom. The lowest BCUT2D eigenvalue weighted by Crippen LogP contribution is -2.39. The maximum Gasteiger partial charge on any atom is 0.0610 e. The van der Waals surface area contributed by atoms with E-state index in [-0.39, 0.29) is 6.04 Å². The highest BCUT2D eigenvalue weighted by molar-refractivity contribution is 4.69. The Morgan fingerprint density at radius 1 is 1.75 bits per heavy atom. The van der Waals surface area contributed by atoms with E-state index in [0.717, 1.165) is 5.06 Å². The summed E-state index contributed by atoms with van der Waals surface area (Å²) in [7, 11) is 0. The first kappa shape index (κ1) is 6.01. The van der Waals surface area contributed by atoms with Crippen molar-refractivity contribution in [2.75, 3.05) is 19.8 Å². The van der Waals surface area contributed by atoms with Gasteiger partial charge in [0.2, 0.25) is 0 Å². The maximum absolute atomic E-state index is 10.6. The van der Waals surface area contributed by atoms with E-state index in [0.29, 0.717) is 19.8 Å². The molecule has 0 spiro atoms. The van der Waals surface area contributed by atoms with Crippen LogP contribution < -0.4 is 0 Å². The lowest BCUT2D eigenvalue weighted by atomic mass is 10.3. The van der Waals surface area contributed by atoms with Gasteiger partial charge in [0.15, 0.2) is 0 Å². The fourth-order valence-corrected chi connectivity index (χ4v) is 0.712. The predicted molar refractivity (Wildman–Crippen MR) is 30.4 cm³/mol. The highest BCUT2D eigenvalue weighted by Gasteiger charge is 2.08. The second kappa shape index (κ2) is 2.44. The number of ether oxygens (including phenoxy) is 1. The van der Waals surface area contributed by atoms with Crippen molar-refractivity contribution < 1.29 is 4.74 Å². The molecule has 0 aromatic carbocycles. The standard InChI is InChI=1S/C5H10NO2/c1-5-4-8-3-2-6(5)7/h5H,2-4H2,1H3/q-1. The zero-order chi connectivity index (χ0) is 5.98. The molecule has 0 radical (unpaired) electrons. The third kappa shape index (κ3) is 1.18. The van der Waals surface area contributed by atoms with Gasteiger partial charge in [-0.05, 0) is 6.92 Å². The molecule has 1 aliphatic rings. The normalized spacial score (nSPS) is 33.0. The van der Waals surface area contributed by atoms with Crippen LogP contribution in [0.2, 0.25) is 0 Å². The van der Waals surface area contributed by atoms with Gasteiger partial charge < -0.3 is 15.0 Å². The first-order valence-corrected chi connectivity index (χ1v) is 2.82. The maximum atomic E-state index is 10.6. The third-order valence-corrected chi connectivity index (χ3v) is 1.31. The second-order valence-corrected chi connectivity index (χ2v) is 2.06. The molecule has 1 aliphatic heterocycles. The lowest BCUT2D eigenvalue weighted by Gasteiger charge is -2.38. The molecule has 0 N–H and O–H groups in total. The average molecular weight is 116 g/mol. The van der Waals surface area contributed by atoms with E-state index in [1.807, 2.05) is 6.92 Å². The Labute approximate surface area is 48.8 Å². The van der Waals surface area contributed by atoms with Gasteiger partial charge in [-0.2, -0.15) is 0 Å². The Morgan fingerprint density at radius 3 is 2.88 bits per heavy atom. The Kier molecular flexibility index (Phi) is 1.83. The van der Waals surface area contributed by atoms with Crippen molar-refractivity contribution in [1.29, 1.82) is 0 Å². The zero-order valence-electron chi connectivity index (χ0n) is 4.96. The summed E-state index contributed by atoms with van der Waals surface area (Å²) in [6, 6.07) is 0.0590. The zero-order valence-corrected chi connectivity index (χ0v) is 4.96. The third-order valence-electron chi connectivity index (χ3n) is 1.31. The number of morpholine rings is 1. The van der Waals surface area contributed by atoms with Crippen molar-refractivity contribution in [3.8, 4) is 0 Å². The summed E-state index contributed by atoms with van der Waals surface area (Å²) in [6.45, 7) is 3.57. The summed E-state index contributed by atoms with van der Waals surface area (Å²) in [6.07, 6.45) is 0. The molecule has 0 aromatic heterocycles. The lowest BCUT2D eigenvalue weighted by molar-refractivity contribution is 0.0234. The number of nitrogens with zero attached hydrogens (tertiary/aromatic N) is 1. The first-order chi connectivity index (χ1) is 3.80. The fourth-order valence-electron chi connectivity index (χ4n) is 0.712. The molecule has 1 fully saturated rings. The summed E-state index contributed by atoms with van der Waals surface area (Å²) in [4.78, 5) is 0. The van der Waals surface area contributed by atoms with Gasteiger partial charge in [0.25, 0.3) is 0 Å². The summed E-state index contributed by atoms with van der Waals surface area (Å²) in [5.74, 6) is 0. The van der Waals surface area contributed by atoms with Gasteiger partial charge in [-0.15, -0.1) is 0 Å². The van der Waals surface area contributed by atoms with Crippen LogP contribution in [0.3, 0.4) is 0 Å². The van der Waals surface area contributed by atoms with Crippen molar-refractivity contribution >= 4 is 0 Å². The van der Waals surface area contributed by atoms with E-state index < -0.39 is 0 Å². The molecular formula is C5H10NO2-. The molecule has 48 valence electrons. The van der Waals surface area contributed by atoms with Gasteiger partial charge in [0.1, 0.15) is 0 Å². The van der Waals surface area contributed by atoms with Gasteiger partial charge in [-0.3, -0.25) is 0 Å². The quantitative estimate of drug-likeness (QED) is 0.453. The van der Waals surface area contributed by atoms with Crippen LogP contribution in [0.15, 0.2) is 0 Å². The summed E-state index contributed by atoms with van der Waals surface area (Å²) < 4.78 is 5.01. The van der Waals surface area contributed by atoms with E-state index in [1.54, 1.807) is 0 Å². The molecule has 1 saturated heterocycles. The van der Waals surface area contributed by atoms with E-state index >= 15 is 0 Å². The molecule has 1 rings (SSSR count). The molecule has 1 unspecified atom stereocenters. The molecule has 0 aromatic rings. The summed E-state index contributed by atoms with van der Waals surface area (Å²) >= 11 is 0. The molecule has 0 saturated carbocycles. The molecule has 1 heterocycles. The highest BCUT2D eigenvalue weighted by atomic mass is 16.5. The Balaban J connectivity index is 2.28. The molecule has 1 atom stereocenters. The Bertz CT molecular complexity index is 66.8. The van der Waals surface area contributed by atoms with Gasteiger partial charge in [0.05, 0.1) is 13.2 Å². The van der Waals surface area contributed by atoms with Crippen molar-refractivity contribution in [2.45, 2.75) is 13.0 Å². The topological polar surface area (TPSA) is 35.5 Å². The van der Waals surface area contributed by atoms with Crippen LogP contribution in [0.5, 0.6) is 0 Å². The number of hydrogen-bond acceptors (Lipinski definition) is 3. The second-order valence-electron chi connectivity index (χ2n) is 2.06. The van der Waals surface area contributed by atoms with Crippen molar-refractivity contribution in [3.05, 3.63) is 5.21 Å². The van der Waals surface area contributed by atoms with Gasteiger partial charge in [0, 0.05) is 12.6 Å². The van der Waals surface area contributed by atoms with Crippen LogP contribution in [0.4, 0.5) is 0 Å². The van der Waals surface area contributed by atoms with Crippen LogP contribution in [0.25, 0.3) is 0 Å². The van der Waals surface area contributed by atoms with Crippen LogP contribution >= 0.6 is 0 Å². The van der Waals surface area contributed by atoms with E-state index in [1.165, 1.54) is 0 Å². The van der Waals surface area contributed by atoms with Gasteiger partial charge >= 0.3 is 0 Å². The number of hydrogen-bond donors (Lipinski definition) is 0. The molecule has 8 heavy (non-hydrogen) atoms. The summed E-state index contributed by atoms with van der Waals surface area (Å²) in [5.41, 5.74) is 0. The highest BCUT2D eigenvalue weighted by Crippen LogP contribution is 2.01. The molecule has 3 heteroatoms. The minimum Gasteiger partial charge on any atom is -0.785 e. The molecule has 3 nitrogen and oxygen atoms in total. The monoisotopic (exact) mass is 116 g/mol. The van der Waals surface area contributed by atoms with E-state index in [9.17, 15) is 5.21 Å². The largest absolute Gasteiger partial charge is 0.785 e. The molecular weight excluding hydrogens is 106 g/mol. The Hall–Kier alpha value is -0.120. The van der Waals surface area contributed by atoms with Crippen LogP contribution in [0, 0.1) is 5.21 Å².